The van der Waals surface area contributed by atoms with Gasteiger partial charge in [0, 0.05) is 22.2 Å². The summed E-state index contributed by atoms with van der Waals surface area (Å²) in [5.41, 5.74) is 3.48. The molecule has 11 heteroatoms. The van der Waals surface area contributed by atoms with Crippen molar-refractivity contribution in [1.82, 2.24) is 0 Å². The molecular weight excluding hydrogens is 650 g/mol. The number of Topliss-reactive ketones (excluding diaryl/α,β-unsaturated/α-hetero) is 1. The number of benzene rings is 1. The summed E-state index contributed by atoms with van der Waals surface area (Å²) in [6, 6.07) is 6.32. The van der Waals surface area contributed by atoms with E-state index in [0.717, 1.165) is 37.7 Å². The molecular formula is C28H32F9IO. The Kier molecular flexibility index (Phi) is 8.47. The van der Waals surface area contributed by atoms with E-state index >= 15 is 0 Å². The normalized spacial score (nSPS) is 28.6. The van der Waals surface area contributed by atoms with E-state index < -0.39 is 34.3 Å². The van der Waals surface area contributed by atoms with Crippen LogP contribution in [0, 0.1) is 17.3 Å². The van der Waals surface area contributed by atoms with Crippen molar-refractivity contribution in [3.8, 4) is 0 Å². The maximum absolute atomic E-state index is 13.9. The molecule has 4 rings (SSSR count). The Balaban J connectivity index is 1.29. The van der Waals surface area contributed by atoms with Crippen molar-refractivity contribution in [1.29, 1.82) is 0 Å². The van der Waals surface area contributed by atoms with Gasteiger partial charge in [-0.15, -0.1) is 0 Å². The van der Waals surface area contributed by atoms with Crippen molar-refractivity contribution in [3.63, 3.8) is 0 Å². The number of rotatable bonds is 9. The van der Waals surface area contributed by atoms with Crippen molar-refractivity contribution in [3.05, 3.63) is 34.9 Å². The number of carbonyl (C=O) groups excluding carboxylic acids is 1. The number of unbranched alkanes of at least 4 members (excludes halogenated alkanes) is 1. The molecule has 2 saturated carbocycles. The van der Waals surface area contributed by atoms with E-state index in [9.17, 15) is 44.3 Å². The van der Waals surface area contributed by atoms with Crippen LogP contribution in [0.4, 0.5) is 39.5 Å². The third kappa shape index (κ3) is 5.47. The van der Waals surface area contributed by atoms with Crippen molar-refractivity contribution < 1.29 is 44.3 Å². The number of ketones is 1. The van der Waals surface area contributed by atoms with Crippen LogP contribution in [0.2, 0.25) is 0 Å². The summed E-state index contributed by atoms with van der Waals surface area (Å²) in [6.45, 7) is 2.13. The fraction of sp³-hybridized carbons (Fsp3) is 0.750. The first-order valence-electron chi connectivity index (χ1n) is 13.4. The number of alkyl halides is 10. The molecule has 0 N–H and O–H groups in total. The van der Waals surface area contributed by atoms with Crippen LogP contribution in [-0.4, -0.2) is 33.7 Å². The molecule has 220 valence electrons. The lowest BCUT2D eigenvalue weighted by Crippen LogP contribution is -2.61. The fourth-order valence-corrected chi connectivity index (χ4v) is 8.17. The fourth-order valence-electron chi connectivity index (χ4n) is 7.17. The van der Waals surface area contributed by atoms with Crippen molar-refractivity contribution >= 4 is 28.4 Å². The van der Waals surface area contributed by atoms with Gasteiger partial charge in [0.15, 0.2) is 0 Å². The van der Waals surface area contributed by atoms with E-state index in [0.29, 0.717) is 49.2 Å². The largest absolute Gasteiger partial charge is 0.460 e. The molecule has 3 aliphatic carbocycles. The summed E-state index contributed by atoms with van der Waals surface area (Å²) < 4.78 is 117. The van der Waals surface area contributed by atoms with E-state index in [2.05, 4.69) is 19.1 Å². The predicted octanol–water partition coefficient (Wildman–Crippen LogP) is 9.49. The maximum Gasteiger partial charge on any atom is 0.460 e. The van der Waals surface area contributed by atoms with Crippen molar-refractivity contribution in [2.24, 2.45) is 17.3 Å². The monoisotopic (exact) mass is 682 g/mol. The summed E-state index contributed by atoms with van der Waals surface area (Å²) in [5, 5.41) is 0. The first-order valence-corrected chi connectivity index (χ1v) is 14.7. The third-order valence-electron chi connectivity index (χ3n) is 9.42. The Hall–Kier alpha value is -1.01. The molecule has 0 bridgehead atoms. The zero-order valence-corrected chi connectivity index (χ0v) is 23.7. The summed E-state index contributed by atoms with van der Waals surface area (Å²) in [5.74, 6) is -17.1. The van der Waals surface area contributed by atoms with Crippen LogP contribution < -0.4 is 0 Å². The number of carbonyl (C=O) groups is 1. The topological polar surface area (TPSA) is 17.1 Å². The molecule has 1 unspecified atom stereocenters. The van der Waals surface area contributed by atoms with Crippen LogP contribution in [0.3, 0.4) is 0 Å². The van der Waals surface area contributed by atoms with Crippen LogP contribution in [0.5, 0.6) is 0 Å². The van der Waals surface area contributed by atoms with Gasteiger partial charge in [0.1, 0.15) is 5.78 Å². The highest BCUT2D eigenvalue weighted by atomic mass is 127. The lowest BCUT2D eigenvalue weighted by Gasteiger charge is -2.48. The number of hydrogen-bond donors (Lipinski definition) is 0. The molecule has 2 fully saturated rings. The van der Waals surface area contributed by atoms with Gasteiger partial charge >= 0.3 is 23.9 Å². The van der Waals surface area contributed by atoms with Crippen LogP contribution in [0.25, 0.3) is 0 Å². The highest BCUT2D eigenvalue weighted by Gasteiger charge is 2.81. The summed E-state index contributed by atoms with van der Waals surface area (Å²) in [6.07, 6.45) is -1.59. The summed E-state index contributed by atoms with van der Waals surface area (Å²) in [4.78, 5) is 12.5. The zero-order chi connectivity index (χ0) is 29.0. The maximum atomic E-state index is 13.9. The van der Waals surface area contributed by atoms with E-state index in [-0.39, 0.29) is 11.8 Å². The molecule has 3 aliphatic rings. The summed E-state index contributed by atoms with van der Waals surface area (Å²) in [7, 11) is 0. The molecule has 0 spiro atoms. The number of aryl methyl sites for hydroxylation is 2. The Bertz CT molecular complexity index is 1070. The minimum absolute atomic E-state index is 0.0165. The van der Waals surface area contributed by atoms with Crippen LogP contribution in [0.1, 0.15) is 87.3 Å². The standard InChI is InChI=1S/C28H32F9IO/c1-24-13-12-20-19-8-6-16(14-17(19)7-9-21(20)22(24)10-11-23(24)39)4-2-3-5-18(38)15-25(29,30)26(31,32)27(33,34)28(35,36)37/h6,8,14,18,20-22H,2-5,7,9-13,15H2,1H3/t18?,20-,21-,22+,24+/m1/s1. The Labute approximate surface area is 235 Å². The average Bonchev–Trinajstić information content (AvgIpc) is 3.14. The molecule has 5 atom stereocenters. The quantitative estimate of drug-likeness (QED) is 0.110. The van der Waals surface area contributed by atoms with E-state index in [1.54, 1.807) is 0 Å². The second-order valence-electron chi connectivity index (χ2n) is 11.8. The van der Waals surface area contributed by atoms with Crippen LogP contribution in [-0.2, 0) is 17.6 Å². The van der Waals surface area contributed by atoms with Gasteiger partial charge in [0.2, 0.25) is 0 Å². The molecule has 0 radical (unpaired) electrons. The number of halogens is 10. The third-order valence-corrected chi connectivity index (χ3v) is 10.5. The van der Waals surface area contributed by atoms with Crippen LogP contribution in [0.15, 0.2) is 18.2 Å². The van der Waals surface area contributed by atoms with Gasteiger partial charge in [-0.05, 0) is 85.8 Å². The van der Waals surface area contributed by atoms with E-state index in [4.69, 9.17) is 0 Å². The SMILES string of the molecule is C[C@]12CC[C@@H]3c4ccc(CCCCC(I)CC(F)(F)C(F)(F)C(F)(F)C(F)(F)F)cc4CC[C@H]3[C@@H]1CCC2=O. The second-order valence-corrected chi connectivity index (χ2v) is 13.5. The predicted molar refractivity (Wildman–Crippen MR) is 137 cm³/mol. The van der Waals surface area contributed by atoms with Gasteiger partial charge < -0.3 is 0 Å². The highest BCUT2D eigenvalue weighted by molar-refractivity contribution is 14.1. The Morgan fingerprint density at radius 2 is 1.64 bits per heavy atom. The highest BCUT2D eigenvalue weighted by Crippen LogP contribution is 2.59. The molecule has 39 heavy (non-hydrogen) atoms. The lowest BCUT2D eigenvalue weighted by atomic mass is 9.55. The van der Waals surface area contributed by atoms with Gasteiger partial charge in [-0.25, -0.2) is 0 Å². The lowest BCUT2D eigenvalue weighted by molar-refractivity contribution is -0.396. The van der Waals surface area contributed by atoms with E-state index in [1.807, 2.05) is 6.07 Å². The smallest absolute Gasteiger partial charge is 0.299 e. The molecule has 0 saturated heterocycles. The van der Waals surface area contributed by atoms with E-state index in [1.165, 1.54) is 33.7 Å². The second kappa shape index (κ2) is 10.7. The zero-order valence-electron chi connectivity index (χ0n) is 21.5. The minimum atomic E-state index is -6.84. The summed E-state index contributed by atoms with van der Waals surface area (Å²) >= 11 is 1.41. The average molecular weight is 682 g/mol. The van der Waals surface area contributed by atoms with Gasteiger partial charge in [-0.3, -0.25) is 4.79 Å². The first-order chi connectivity index (χ1) is 17.9. The molecule has 1 aromatic rings. The number of hydrogen-bond acceptors (Lipinski definition) is 1. The van der Waals surface area contributed by atoms with Gasteiger partial charge in [-0.1, -0.05) is 54.1 Å². The Morgan fingerprint density at radius 3 is 2.31 bits per heavy atom. The van der Waals surface area contributed by atoms with Crippen molar-refractivity contribution in [2.75, 3.05) is 0 Å². The molecule has 0 aromatic heterocycles. The van der Waals surface area contributed by atoms with Gasteiger partial charge in [-0.2, -0.15) is 39.5 Å². The van der Waals surface area contributed by atoms with Crippen molar-refractivity contribution in [2.45, 2.75) is 111 Å². The van der Waals surface area contributed by atoms with Crippen LogP contribution >= 0.6 is 22.6 Å². The molecule has 0 aliphatic heterocycles. The molecule has 0 heterocycles. The van der Waals surface area contributed by atoms with Gasteiger partial charge in [0.05, 0.1) is 0 Å². The molecule has 0 amide bonds. The van der Waals surface area contributed by atoms with Gasteiger partial charge in [0.25, 0.3) is 0 Å². The Morgan fingerprint density at radius 1 is 0.949 bits per heavy atom. The first kappa shape index (κ1) is 30.9. The minimum Gasteiger partial charge on any atom is -0.299 e. The molecule has 1 aromatic carbocycles. The number of fused-ring (bicyclic) bond motifs is 5. The molecule has 1 nitrogen and oxygen atoms in total.